The summed E-state index contributed by atoms with van der Waals surface area (Å²) >= 11 is 0. The number of unbranched alkanes of at least 4 members (excludes halogenated alkanes) is 1. The van der Waals surface area contributed by atoms with Crippen molar-refractivity contribution in [2.45, 2.75) is 26.1 Å². The van der Waals surface area contributed by atoms with Gasteiger partial charge in [-0.3, -0.25) is 4.79 Å². The standard InChI is InChI=1S/C8H13FN2O2/c1-2-3-4-13-8-10-5-6(9)7(12)11-8/h5,8,10H,2-4H2,1H3,(H,11,12). The highest BCUT2D eigenvalue weighted by molar-refractivity contribution is 5.91. The summed E-state index contributed by atoms with van der Waals surface area (Å²) in [6.45, 7) is 2.58. The summed E-state index contributed by atoms with van der Waals surface area (Å²) in [7, 11) is 0. The summed E-state index contributed by atoms with van der Waals surface area (Å²) in [5.41, 5.74) is 0. The third-order valence-corrected chi connectivity index (χ3v) is 1.62. The van der Waals surface area contributed by atoms with E-state index in [1.54, 1.807) is 0 Å². The molecular formula is C8H13FN2O2. The molecule has 0 aromatic heterocycles. The molecule has 2 N–H and O–H groups in total. The van der Waals surface area contributed by atoms with E-state index in [1.807, 2.05) is 6.92 Å². The minimum absolute atomic E-state index is 0.546. The lowest BCUT2D eigenvalue weighted by atomic mass is 10.4. The van der Waals surface area contributed by atoms with Crippen molar-refractivity contribution < 1.29 is 13.9 Å². The van der Waals surface area contributed by atoms with E-state index in [-0.39, 0.29) is 0 Å². The average molecular weight is 188 g/mol. The van der Waals surface area contributed by atoms with E-state index in [0.29, 0.717) is 6.61 Å². The SMILES string of the molecule is CCCCOC1NC=C(F)C(=O)N1. The van der Waals surface area contributed by atoms with E-state index in [2.05, 4.69) is 10.6 Å². The second-order valence-electron chi connectivity index (χ2n) is 2.74. The van der Waals surface area contributed by atoms with Crippen LogP contribution in [0.4, 0.5) is 4.39 Å². The number of amides is 1. The summed E-state index contributed by atoms with van der Waals surface area (Å²) in [6, 6.07) is 0. The average Bonchev–Trinajstić information content (AvgIpc) is 2.12. The van der Waals surface area contributed by atoms with Crippen molar-refractivity contribution in [2.75, 3.05) is 6.61 Å². The maximum absolute atomic E-state index is 12.5. The van der Waals surface area contributed by atoms with Gasteiger partial charge in [0.1, 0.15) is 0 Å². The lowest BCUT2D eigenvalue weighted by molar-refractivity contribution is -0.125. The first-order valence-corrected chi connectivity index (χ1v) is 4.28. The summed E-state index contributed by atoms with van der Waals surface area (Å²) in [6.07, 6.45) is 2.35. The summed E-state index contributed by atoms with van der Waals surface area (Å²) in [4.78, 5) is 10.8. The minimum Gasteiger partial charge on any atom is -0.346 e. The van der Waals surface area contributed by atoms with Crippen LogP contribution >= 0.6 is 0 Å². The van der Waals surface area contributed by atoms with E-state index in [4.69, 9.17) is 4.74 Å². The molecule has 0 aromatic rings. The molecule has 1 heterocycles. The second-order valence-corrected chi connectivity index (χ2v) is 2.74. The Morgan fingerprint density at radius 1 is 1.69 bits per heavy atom. The number of ether oxygens (including phenoxy) is 1. The number of halogens is 1. The molecule has 4 nitrogen and oxygen atoms in total. The zero-order valence-electron chi connectivity index (χ0n) is 7.47. The number of nitrogens with one attached hydrogen (secondary N) is 2. The van der Waals surface area contributed by atoms with Gasteiger partial charge in [0.25, 0.3) is 5.91 Å². The summed E-state index contributed by atoms with van der Waals surface area (Å²) in [5, 5.41) is 4.88. The van der Waals surface area contributed by atoms with E-state index in [9.17, 15) is 9.18 Å². The largest absolute Gasteiger partial charge is 0.346 e. The first-order valence-electron chi connectivity index (χ1n) is 4.28. The smallest absolute Gasteiger partial charge is 0.284 e. The quantitative estimate of drug-likeness (QED) is 0.636. The van der Waals surface area contributed by atoms with Crippen molar-refractivity contribution in [3.8, 4) is 0 Å². The first kappa shape index (κ1) is 9.98. The highest BCUT2D eigenvalue weighted by Crippen LogP contribution is 2.01. The molecular weight excluding hydrogens is 175 g/mol. The predicted molar refractivity (Wildman–Crippen MR) is 45.1 cm³/mol. The third-order valence-electron chi connectivity index (χ3n) is 1.62. The molecule has 0 saturated heterocycles. The van der Waals surface area contributed by atoms with Gasteiger partial charge in [-0.2, -0.15) is 4.39 Å². The lowest BCUT2D eigenvalue weighted by Gasteiger charge is -2.22. The van der Waals surface area contributed by atoms with Crippen LogP contribution in [0.15, 0.2) is 12.0 Å². The van der Waals surface area contributed by atoms with Gasteiger partial charge >= 0.3 is 0 Å². The molecule has 13 heavy (non-hydrogen) atoms. The molecule has 1 rings (SSSR count). The predicted octanol–water partition coefficient (Wildman–Crippen LogP) is 0.617. The first-order chi connectivity index (χ1) is 6.24. The van der Waals surface area contributed by atoms with Gasteiger partial charge in [-0.05, 0) is 6.42 Å². The number of rotatable bonds is 4. The third kappa shape index (κ3) is 3.02. The van der Waals surface area contributed by atoms with Crippen LogP contribution in [-0.4, -0.2) is 18.9 Å². The Hall–Kier alpha value is -1.10. The van der Waals surface area contributed by atoms with E-state index in [0.717, 1.165) is 19.0 Å². The van der Waals surface area contributed by atoms with Gasteiger partial charge in [-0.25, -0.2) is 0 Å². The molecule has 0 spiro atoms. The summed E-state index contributed by atoms with van der Waals surface area (Å²) < 4.78 is 17.7. The molecule has 0 bridgehead atoms. The number of carbonyl (C=O) groups excluding carboxylic acids is 1. The Morgan fingerprint density at radius 3 is 3.08 bits per heavy atom. The van der Waals surface area contributed by atoms with Gasteiger partial charge < -0.3 is 15.4 Å². The molecule has 0 aliphatic carbocycles. The molecule has 1 aliphatic rings. The van der Waals surface area contributed by atoms with Crippen LogP contribution in [0.25, 0.3) is 0 Å². The van der Waals surface area contributed by atoms with Crippen molar-refractivity contribution in [2.24, 2.45) is 0 Å². The van der Waals surface area contributed by atoms with E-state index >= 15 is 0 Å². The van der Waals surface area contributed by atoms with Crippen molar-refractivity contribution in [3.63, 3.8) is 0 Å². The van der Waals surface area contributed by atoms with Crippen LogP contribution in [0.5, 0.6) is 0 Å². The van der Waals surface area contributed by atoms with Gasteiger partial charge in [0.05, 0.1) is 6.61 Å². The lowest BCUT2D eigenvalue weighted by Crippen LogP contribution is -2.49. The fourth-order valence-corrected chi connectivity index (χ4v) is 0.879. The monoisotopic (exact) mass is 188 g/mol. The highest BCUT2D eigenvalue weighted by atomic mass is 19.1. The fraction of sp³-hybridized carbons (Fsp3) is 0.625. The van der Waals surface area contributed by atoms with E-state index < -0.39 is 18.1 Å². The van der Waals surface area contributed by atoms with Crippen molar-refractivity contribution in [1.82, 2.24) is 10.6 Å². The fourth-order valence-electron chi connectivity index (χ4n) is 0.879. The molecule has 0 saturated carbocycles. The van der Waals surface area contributed by atoms with Gasteiger partial charge in [0.15, 0.2) is 0 Å². The molecule has 0 radical (unpaired) electrons. The number of carbonyl (C=O) groups is 1. The van der Waals surface area contributed by atoms with Crippen molar-refractivity contribution in [1.29, 1.82) is 0 Å². The zero-order valence-corrected chi connectivity index (χ0v) is 7.47. The van der Waals surface area contributed by atoms with Crippen LogP contribution in [0.3, 0.4) is 0 Å². The molecule has 1 unspecified atom stereocenters. The van der Waals surface area contributed by atoms with Gasteiger partial charge in [-0.1, -0.05) is 13.3 Å². The second kappa shape index (κ2) is 4.81. The Kier molecular flexibility index (Phi) is 3.70. The Morgan fingerprint density at radius 2 is 2.46 bits per heavy atom. The Labute approximate surface area is 76.1 Å². The summed E-state index contributed by atoms with van der Waals surface area (Å²) in [5.74, 6) is -1.56. The molecule has 74 valence electrons. The molecule has 5 heteroatoms. The molecule has 1 atom stereocenters. The van der Waals surface area contributed by atoms with E-state index in [1.165, 1.54) is 0 Å². The Bertz CT molecular complexity index is 218. The molecule has 0 fully saturated rings. The maximum atomic E-state index is 12.5. The normalized spacial score (nSPS) is 21.8. The van der Waals surface area contributed by atoms with Crippen molar-refractivity contribution in [3.05, 3.63) is 12.0 Å². The van der Waals surface area contributed by atoms with Crippen molar-refractivity contribution >= 4 is 5.91 Å². The number of hydrogen-bond acceptors (Lipinski definition) is 3. The van der Waals surface area contributed by atoms with Gasteiger partial charge in [-0.15, -0.1) is 0 Å². The van der Waals surface area contributed by atoms with Crippen LogP contribution in [0.1, 0.15) is 19.8 Å². The zero-order chi connectivity index (χ0) is 9.68. The van der Waals surface area contributed by atoms with Gasteiger partial charge in [0.2, 0.25) is 12.2 Å². The topological polar surface area (TPSA) is 50.4 Å². The molecule has 1 aliphatic heterocycles. The minimum atomic E-state index is -0.824. The van der Waals surface area contributed by atoms with Gasteiger partial charge in [0, 0.05) is 6.20 Å². The van der Waals surface area contributed by atoms with Crippen LogP contribution < -0.4 is 10.6 Å². The highest BCUT2D eigenvalue weighted by Gasteiger charge is 2.19. The van der Waals surface area contributed by atoms with Crippen LogP contribution in [0, 0.1) is 0 Å². The molecule has 0 aromatic carbocycles. The van der Waals surface area contributed by atoms with Crippen LogP contribution in [-0.2, 0) is 9.53 Å². The maximum Gasteiger partial charge on any atom is 0.284 e. The Balaban J connectivity index is 2.27. The van der Waals surface area contributed by atoms with Crippen LogP contribution in [0.2, 0.25) is 0 Å². The number of hydrogen-bond donors (Lipinski definition) is 2. The molecule has 1 amide bonds.